The minimum absolute atomic E-state index is 0. The molecule has 0 bridgehead atoms. The molecule has 0 unspecified atom stereocenters. The minimum atomic E-state index is 0. The fourth-order valence-corrected chi connectivity index (χ4v) is 0.557. The maximum absolute atomic E-state index is 8.91. The summed E-state index contributed by atoms with van der Waals surface area (Å²) in [6.07, 6.45) is 0. The van der Waals surface area contributed by atoms with Crippen molar-refractivity contribution in [1.82, 2.24) is 0 Å². The molecule has 0 saturated carbocycles. The molecule has 1 radical (unpaired) electrons. The van der Waals surface area contributed by atoms with Gasteiger partial charge in [-0.25, -0.2) is 0 Å². The van der Waals surface area contributed by atoms with Crippen LogP contribution in [0.2, 0.25) is 0 Å². The molecule has 0 atom stereocenters. The van der Waals surface area contributed by atoms with E-state index >= 15 is 0 Å². The van der Waals surface area contributed by atoms with E-state index in [1.807, 2.05) is 0 Å². The average molecular weight is 189 g/mol. The molecular weight excluding hydrogens is 182 g/mol. The van der Waals surface area contributed by atoms with E-state index < -0.39 is 0 Å². The Hall–Kier alpha value is -0.701. The molecule has 59 valence electrons. The van der Waals surface area contributed by atoms with Gasteiger partial charge in [-0.1, -0.05) is 12.1 Å². The van der Waals surface area contributed by atoms with Gasteiger partial charge in [0.25, 0.3) is 0 Å². The van der Waals surface area contributed by atoms with Crippen LogP contribution in [0.1, 0.15) is 0 Å². The van der Waals surface area contributed by atoms with Crippen LogP contribution in [0, 0.1) is 0 Å². The summed E-state index contributed by atoms with van der Waals surface area (Å²) >= 11 is 0. The Morgan fingerprint density at radius 2 is 1.90 bits per heavy atom. The van der Waals surface area contributed by atoms with Crippen molar-refractivity contribution in [3.8, 4) is 11.5 Å². The maximum atomic E-state index is 8.91. The van der Waals surface area contributed by atoms with Gasteiger partial charge in [-0.15, -0.1) is 0 Å². The molecule has 0 amide bonds. The molecule has 0 spiro atoms. The first-order chi connectivity index (χ1) is 4.34. The first-order valence-electron chi connectivity index (χ1n) is 2.49. The van der Waals surface area contributed by atoms with Crippen molar-refractivity contribution < 1.29 is 27.0 Å². The number of para-hydroxylation sites is 2. The third-order valence-electron chi connectivity index (χ3n) is 0.992. The summed E-state index contributed by atoms with van der Waals surface area (Å²) in [6.45, 7) is 0. The Morgan fingerprint density at radius 1 is 1.30 bits per heavy atom. The second kappa shape index (κ2) is 4.17. The van der Waals surface area contributed by atoms with Crippen LogP contribution >= 0.6 is 0 Å². The summed E-state index contributed by atoms with van der Waals surface area (Å²) in [5.41, 5.74) is 0. The molecule has 1 aromatic rings. The zero-order valence-electron chi connectivity index (χ0n) is 5.04. The minimum Gasteiger partial charge on any atom is -0.504 e. The van der Waals surface area contributed by atoms with Crippen LogP contribution in [-0.4, -0.2) is 5.11 Å². The van der Waals surface area contributed by atoms with E-state index in [2.05, 4.69) is 4.84 Å². The van der Waals surface area contributed by atoms with Gasteiger partial charge in [-0.3, -0.25) is 0 Å². The molecule has 0 saturated heterocycles. The number of phenols is 1. The van der Waals surface area contributed by atoms with Crippen molar-refractivity contribution in [2.45, 2.75) is 0 Å². The monoisotopic (exact) mass is 188 g/mol. The van der Waals surface area contributed by atoms with Gasteiger partial charge < -0.3 is 9.94 Å². The Balaban J connectivity index is 0.000000810. The summed E-state index contributed by atoms with van der Waals surface area (Å²) < 4.78 is 0. The average Bonchev–Trinajstić information content (AvgIpc) is 1.89. The van der Waals surface area contributed by atoms with Gasteiger partial charge in [0.2, 0.25) is 0 Å². The van der Waals surface area contributed by atoms with Crippen molar-refractivity contribution >= 4 is 0 Å². The van der Waals surface area contributed by atoms with Gasteiger partial charge in [-0.05, 0) is 12.1 Å². The van der Waals surface area contributed by atoms with Gasteiger partial charge in [0.1, 0.15) is 0 Å². The van der Waals surface area contributed by atoms with Crippen LogP contribution in [-0.2, 0) is 17.1 Å². The number of rotatable bonds is 1. The van der Waals surface area contributed by atoms with E-state index in [1.54, 1.807) is 18.2 Å². The topological polar surface area (TPSA) is 55.5 Å². The van der Waals surface area contributed by atoms with Crippen LogP contribution in [0.5, 0.6) is 11.5 Å². The van der Waals surface area contributed by atoms with Gasteiger partial charge in [-0.2, -0.15) is 5.90 Å². The third-order valence-corrected chi connectivity index (χ3v) is 0.992. The van der Waals surface area contributed by atoms with Crippen molar-refractivity contribution in [2.24, 2.45) is 5.90 Å². The number of benzene rings is 1. The normalized spacial score (nSPS) is 8.10. The maximum Gasteiger partial charge on any atom is 0.188 e. The van der Waals surface area contributed by atoms with Crippen molar-refractivity contribution in [3.05, 3.63) is 24.3 Å². The summed E-state index contributed by atoms with van der Waals surface area (Å²) in [5.74, 6) is 5.14. The Bertz CT molecular complexity index is 205. The molecule has 1 rings (SSSR count). The third kappa shape index (κ3) is 1.91. The summed E-state index contributed by atoms with van der Waals surface area (Å²) in [6, 6.07) is 6.50. The Labute approximate surface area is 69.2 Å². The van der Waals surface area contributed by atoms with E-state index in [0.29, 0.717) is 0 Å². The zero-order valence-corrected chi connectivity index (χ0v) is 5.99. The molecule has 3 N–H and O–H groups in total. The first kappa shape index (κ1) is 9.30. The zero-order chi connectivity index (χ0) is 6.69. The summed E-state index contributed by atoms with van der Waals surface area (Å²) in [4.78, 5) is 4.29. The molecule has 0 fully saturated rings. The molecule has 0 aliphatic carbocycles. The van der Waals surface area contributed by atoms with E-state index in [-0.39, 0.29) is 28.6 Å². The molecular formula is C6H7CuNO2. The quantitative estimate of drug-likeness (QED) is 0.503. The molecule has 3 nitrogen and oxygen atoms in total. The molecule has 4 heteroatoms. The first-order valence-corrected chi connectivity index (χ1v) is 2.49. The molecule has 0 aliphatic heterocycles. The van der Waals surface area contributed by atoms with Gasteiger partial charge in [0, 0.05) is 17.1 Å². The van der Waals surface area contributed by atoms with Gasteiger partial charge >= 0.3 is 0 Å². The van der Waals surface area contributed by atoms with Crippen molar-refractivity contribution in [3.63, 3.8) is 0 Å². The van der Waals surface area contributed by atoms with E-state index in [9.17, 15) is 0 Å². The van der Waals surface area contributed by atoms with Gasteiger partial charge in [0.05, 0.1) is 0 Å². The van der Waals surface area contributed by atoms with E-state index in [0.717, 1.165) is 0 Å². The SMILES string of the molecule is NOc1ccccc1O.[Cu]. The number of hydrogen-bond donors (Lipinski definition) is 2. The van der Waals surface area contributed by atoms with Crippen LogP contribution in [0.15, 0.2) is 24.3 Å². The van der Waals surface area contributed by atoms with Crippen LogP contribution < -0.4 is 10.7 Å². The molecule has 0 heterocycles. The van der Waals surface area contributed by atoms with E-state index in [4.69, 9.17) is 11.0 Å². The van der Waals surface area contributed by atoms with Crippen LogP contribution in [0.25, 0.3) is 0 Å². The largest absolute Gasteiger partial charge is 0.504 e. The molecule has 0 aromatic heterocycles. The Morgan fingerprint density at radius 3 is 2.30 bits per heavy atom. The number of aromatic hydroxyl groups is 1. The second-order valence-electron chi connectivity index (χ2n) is 1.59. The summed E-state index contributed by atoms with van der Waals surface area (Å²) in [7, 11) is 0. The van der Waals surface area contributed by atoms with E-state index in [1.165, 1.54) is 6.07 Å². The predicted molar refractivity (Wildman–Crippen MR) is 32.9 cm³/mol. The Kier molecular flexibility index (Phi) is 3.88. The molecule has 0 aliphatic rings. The van der Waals surface area contributed by atoms with Gasteiger partial charge in [0.15, 0.2) is 11.5 Å². The predicted octanol–water partition coefficient (Wildman–Crippen LogP) is 0.642. The van der Waals surface area contributed by atoms with Crippen LogP contribution in [0.3, 0.4) is 0 Å². The van der Waals surface area contributed by atoms with Crippen molar-refractivity contribution in [1.29, 1.82) is 0 Å². The van der Waals surface area contributed by atoms with Crippen LogP contribution in [0.4, 0.5) is 0 Å². The smallest absolute Gasteiger partial charge is 0.188 e. The fourth-order valence-electron chi connectivity index (χ4n) is 0.557. The molecule has 10 heavy (non-hydrogen) atoms. The number of nitrogens with two attached hydrogens (primary N) is 1. The fraction of sp³-hybridized carbons (Fsp3) is 0. The number of phenolic OH excluding ortho intramolecular Hbond substituents is 1. The van der Waals surface area contributed by atoms with Crippen molar-refractivity contribution in [2.75, 3.05) is 0 Å². The number of hydrogen-bond acceptors (Lipinski definition) is 3. The second-order valence-corrected chi connectivity index (χ2v) is 1.59. The summed E-state index contributed by atoms with van der Waals surface area (Å²) in [5, 5.41) is 8.91. The molecule has 1 aromatic carbocycles. The standard InChI is InChI=1S/C6H7NO2.Cu/c7-9-6-4-2-1-3-5(6)8;/h1-4,8H,7H2;.